The van der Waals surface area contributed by atoms with Crippen LogP contribution in [0.5, 0.6) is 0 Å². The van der Waals surface area contributed by atoms with E-state index in [0.29, 0.717) is 6.54 Å². The Kier molecular flexibility index (Phi) is 5.79. The molecule has 1 aromatic heterocycles. The Morgan fingerprint density at radius 2 is 2.45 bits per heavy atom. The first-order valence-corrected chi connectivity index (χ1v) is 8.15. The molecule has 0 aliphatic carbocycles. The van der Waals surface area contributed by atoms with E-state index in [1.54, 1.807) is 16.2 Å². The van der Waals surface area contributed by atoms with E-state index < -0.39 is 0 Å². The molecule has 20 heavy (non-hydrogen) atoms. The summed E-state index contributed by atoms with van der Waals surface area (Å²) in [6.45, 7) is 3.53. The van der Waals surface area contributed by atoms with Crippen molar-refractivity contribution in [2.45, 2.75) is 45.1 Å². The zero-order valence-electron chi connectivity index (χ0n) is 12.0. The highest BCUT2D eigenvalue weighted by Crippen LogP contribution is 2.16. The van der Waals surface area contributed by atoms with Crippen LogP contribution >= 0.6 is 11.3 Å². The maximum atomic E-state index is 11.9. The second-order valence-electron chi connectivity index (χ2n) is 5.24. The molecule has 2 rings (SSSR count). The molecule has 0 aromatic carbocycles. The molecule has 1 unspecified atom stereocenters. The van der Waals surface area contributed by atoms with E-state index in [4.69, 9.17) is 0 Å². The third-order valence-electron chi connectivity index (χ3n) is 3.61. The minimum absolute atomic E-state index is 0.00768. The predicted octanol–water partition coefficient (Wildman–Crippen LogP) is 1.94. The first-order chi connectivity index (χ1) is 9.70. The number of hydrogen-bond donors (Lipinski definition) is 2. The Morgan fingerprint density at radius 3 is 3.15 bits per heavy atom. The Morgan fingerprint density at radius 1 is 1.60 bits per heavy atom. The highest BCUT2D eigenvalue weighted by atomic mass is 32.1. The molecule has 1 aliphatic rings. The number of carbonyl (C=O) groups excluding carboxylic acids is 1. The van der Waals surface area contributed by atoms with Crippen molar-refractivity contribution in [2.24, 2.45) is 0 Å². The molecule has 1 aliphatic heterocycles. The summed E-state index contributed by atoms with van der Waals surface area (Å²) in [7, 11) is 0. The number of carbonyl (C=O) groups is 1. The van der Waals surface area contributed by atoms with Crippen molar-refractivity contribution in [2.75, 3.05) is 19.7 Å². The number of thiazole rings is 1. The van der Waals surface area contributed by atoms with Gasteiger partial charge in [-0.15, -0.1) is 11.3 Å². The molecule has 0 saturated carbocycles. The van der Waals surface area contributed by atoms with Crippen molar-refractivity contribution in [1.29, 1.82) is 0 Å². The number of amides is 2. The summed E-state index contributed by atoms with van der Waals surface area (Å²) in [5, 5.41) is 15.4. The topological polar surface area (TPSA) is 65.5 Å². The number of unbranched alkanes of at least 4 members (excludes halogenated alkanes) is 1. The number of urea groups is 1. The van der Waals surface area contributed by atoms with Gasteiger partial charge in [-0.2, -0.15) is 0 Å². The maximum Gasteiger partial charge on any atom is 0.317 e. The largest absolute Gasteiger partial charge is 0.394 e. The van der Waals surface area contributed by atoms with Crippen LogP contribution in [0.25, 0.3) is 0 Å². The second kappa shape index (κ2) is 7.59. The molecule has 6 heteroatoms. The molecule has 2 heterocycles. The molecule has 1 saturated heterocycles. The lowest BCUT2D eigenvalue weighted by molar-refractivity contribution is 0.157. The molecular formula is C14H23N3O2S. The lowest BCUT2D eigenvalue weighted by Crippen LogP contribution is -2.44. The minimum atomic E-state index is -0.0355. The van der Waals surface area contributed by atoms with E-state index in [-0.39, 0.29) is 18.7 Å². The first kappa shape index (κ1) is 15.3. The third kappa shape index (κ3) is 4.18. The van der Waals surface area contributed by atoms with Gasteiger partial charge in [0.25, 0.3) is 0 Å². The molecule has 0 radical (unpaired) electrons. The minimum Gasteiger partial charge on any atom is -0.394 e. The number of aliphatic hydroxyl groups is 1. The number of aryl methyl sites for hydroxylation is 2. The van der Waals surface area contributed by atoms with E-state index in [9.17, 15) is 9.90 Å². The Labute approximate surface area is 124 Å². The number of nitrogens with zero attached hydrogens (tertiary/aromatic N) is 2. The van der Waals surface area contributed by atoms with Crippen LogP contribution in [0, 0.1) is 6.92 Å². The van der Waals surface area contributed by atoms with Gasteiger partial charge in [0.2, 0.25) is 0 Å². The standard InChI is InChI=1S/C14H23N3O2S/c1-11-10-20-13(16-11)6-2-3-7-15-14(19)17-8-4-5-12(17)9-18/h10,12,18H,2-9H2,1H3,(H,15,19). The highest BCUT2D eigenvalue weighted by molar-refractivity contribution is 7.09. The van der Waals surface area contributed by atoms with Crippen LogP contribution in [-0.4, -0.2) is 46.8 Å². The van der Waals surface area contributed by atoms with Gasteiger partial charge in [0.1, 0.15) is 0 Å². The summed E-state index contributed by atoms with van der Waals surface area (Å²) in [6, 6.07) is -0.0278. The van der Waals surface area contributed by atoms with Gasteiger partial charge < -0.3 is 15.3 Å². The zero-order chi connectivity index (χ0) is 14.4. The fourth-order valence-corrected chi connectivity index (χ4v) is 3.33. The van der Waals surface area contributed by atoms with E-state index in [2.05, 4.69) is 15.7 Å². The van der Waals surface area contributed by atoms with Crippen LogP contribution in [0.1, 0.15) is 36.4 Å². The van der Waals surface area contributed by atoms with Crippen LogP contribution in [0.3, 0.4) is 0 Å². The Hall–Kier alpha value is -1.14. The quantitative estimate of drug-likeness (QED) is 0.789. The molecule has 112 valence electrons. The van der Waals surface area contributed by atoms with Crippen LogP contribution in [0.15, 0.2) is 5.38 Å². The number of rotatable bonds is 6. The van der Waals surface area contributed by atoms with E-state index in [0.717, 1.165) is 44.3 Å². The van der Waals surface area contributed by atoms with Crippen LogP contribution in [0.4, 0.5) is 4.79 Å². The summed E-state index contributed by atoms with van der Waals surface area (Å²) in [6.07, 6.45) is 4.88. The Balaban J connectivity index is 1.60. The maximum absolute atomic E-state index is 11.9. The smallest absolute Gasteiger partial charge is 0.317 e. The zero-order valence-corrected chi connectivity index (χ0v) is 12.8. The van der Waals surface area contributed by atoms with Gasteiger partial charge in [0.05, 0.1) is 17.7 Å². The van der Waals surface area contributed by atoms with Gasteiger partial charge in [-0.05, 0) is 39.0 Å². The summed E-state index contributed by atoms with van der Waals surface area (Å²) < 4.78 is 0. The van der Waals surface area contributed by atoms with Gasteiger partial charge in [0, 0.05) is 24.2 Å². The lowest BCUT2D eigenvalue weighted by Gasteiger charge is -2.23. The molecule has 2 amide bonds. The fourth-order valence-electron chi connectivity index (χ4n) is 2.51. The average molecular weight is 297 g/mol. The summed E-state index contributed by atoms with van der Waals surface area (Å²) in [4.78, 5) is 18.1. The van der Waals surface area contributed by atoms with E-state index >= 15 is 0 Å². The number of aromatic nitrogens is 1. The molecule has 1 fully saturated rings. The van der Waals surface area contributed by atoms with Crippen LogP contribution < -0.4 is 5.32 Å². The van der Waals surface area contributed by atoms with Crippen LogP contribution in [-0.2, 0) is 6.42 Å². The van der Waals surface area contributed by atoms with Crippen molar-refractivity contribution >= 4 is 17.4 Å². The first-order valence-electron chi connectivity index (χ1n) is 7.27. The lowest BCUT2D eigenvalue weighted by atomic mass is 10.2. The van der Waals surface area contributed by atoms with Crippen molar-refractivity contribution < 1.29 is 9.90 Å². The van der Waals surface area contributed by atoms with Crippen molar-refractivity contribution in [3.63, 3.8) is 0 Å². The van der Waals surface area contributed by atoms with Gasteiger partial charge in [-0.1, -0.05) is 0 Å². The average Bonchev–Trinajstić information content (AvgIpc) is 3.06. The number of aliphatic hydroxyl groups excluding tert-OH is 1. The predicted molar refractivity (Wildman–Crippen MR) is 80.0 cm³/mol. The van der Waals surface area contributed by atoms with Crippen molar-refractivity contribution in [1.82, 2.24) is 15.2 Å². The molecule has 1 atom stereocenters. The van der Waals surface area contributed by atoms with Gasteiger partial charge in [-0.25, -0.2) is 9.78 Å². The monoisotopic (exact) mass is 297 g/mol. The molecule has 0 bridgehead atoms. The summed E-state index contributed by atoms with van der Waals surface area (Å²) in [5.74, 6) is 0. The van der Waals surface area contributed by atoms with E-state index in [1.807, 2.05) is 6.92 Å². The summed E-state index contributed by atoms with van der Waals surface area (Å²) in [5.41, 5.74) is 1.09. The van der Waals surface area contributed by atoms with Gasteiger partial charge >= 0.3 is 6.03 Å². The second-order valence-corrected chi connectivity index (χ2v) is 6.19. The van der Waals surface area contributed by atoms with Crippen LogP contribution in [0.2, 0.25) is 0 Å². The molecule has 2 N–H and O–H groups in total. The normalized spacial score (nSPS) is 18.5. The number of hydrogen-bond acceptors (Lipinski definition) is 4. The van der Waals surface area contributed by atoms with Crippen molar-refractivity contribution in [3.05, 3.63) is 16.1 Å². The molecule has 0 spiro atoms. The molecule has 5 nitrogen and oxygen atoms in total. The number of likely N-dealkylation sites (tertiary alicyclic amines) is 1. The Bertz CT molecular complexity index is 436. The summed E-state index contributed by atoms with van der Waals surface area (Å²) >= 11 is 1.70. The fraction of sp³-hybridized carbons (Fsp3) is 0.714. The van der Waals surface area contributed by atoms with Gasteiger partial charge in [-0.3, -0.25) is 0 Å². The SMILES string of the molecule is Cc1csc(CCCCNC(=O)N2CCCC2CO)n1. The van der Waals surface area contributed by atoms with E-state index in [1.165, 1.54) is 5.01 Å². The van der Waals surface area contributed by atoms with Crippen molar-refractivity contribution in [3.8, 4) is 0 Å². The number of nitrogens with one attached hydrogen (secondary N) is 1. The third-order valence-corrected chi connectivity index (χ3v) is 4.64. The highest BCUT2D eigenvalue weighted by Gasteiger charge is 2.27. The van der Waals surface area contributed by atoms with Gasteiger partial charge in [0.15, 0.2) is 0 Å². The molecular weight excluding hydrogens is 274 g/mol. The molecule has 1 aromatic rings.